The Hall–Kier alpha value is -0.730. The van der Waals surface area contributed by atoms with Gasteiger partial charge in [0.25, 0.3) is 0 Å². The van der Waals surface area contributed by atoms with Gasteiger partial charge in [-0.05, 0) is 32.6 Å². The molecule has 0 bridgehead atoms. The monoisotopic (exact) mass is 195 g/mol. The Balaban J connectivity index is 1.79. The highest BCUT2D eigenvalue weighted by Crippen LogP contribution is 2.27. The minimum absolute atomic E-state index is 0.508. The second-order valence-electron chi connectivity index (χ2n) is 4.71. The average molecular weight is 195 g/mol. The van der Waals surface area contributed by atoms with E-state index < -0.39 is 0 Å². The van der Waals surface area contributed by atoms with E-state index in [-0.39, 0.29) is 0 Å². The summed E-state index contributed by atoms with van der Waals surface area (Å²) in [6, 6.07) is 1.09. The summed E-state index contributed by atoms with van der Waals surface area (Å²) >= 11 is 0. The first kappa shape index (κ1) is 9.81. The lowest BCUT2D eigenvalue weighted by Crippen LogP contribution is -2.44. The smallest absolute Gasteiger partial charge is 0.191 e. The van der Waals surface area contributed by atoms with Crippen LogP contribution in [-0.4, -0.2) is 24.6 Å². The fraction of sp³-hybridized carbons (Fsp3) is 0.909. The highest BCUT2D eigenvalue weighted by molar-refractivity contribution is 5.81. The van der Waals surface area contributed by atoms with Gasteiger partial charge in [-0.25, -0.2) is 0 Å². The molecule has 0 aromatic rings. The molecule has 0 aromatic heterocycles. The molecule has 2 rings (SSSR count). The molecule has 14 heavy (non-hydrogen) atoms. The molecule has 2 aliphatic rings. The molecule has 0 spiro atoms. The molecule has 1 aliphatic heterocycles. The maximum atomic E-state index is 4.42. The van der Waals surface area contributed by atoms with Crippen molar-refractivity contribution in [3.8, 4) is 0 Å². The fourth-order valence-electron chi connectivity index (χ4n) is 2.43. The Kier molecular flexibility index (Phi) is 2.94. The van der Waals surface area contributed by atoms with Crippen molar-refractivity contribution < 1.29 is 0 Å². The number of hydrogen-bond donors (Lipinski definition) is 2. The van der Waals surface area contributed by atoms with Crippen LogP contribution >= 0.6 is 0 Å². The second-order valence-corrected chi connectivity index (χ2v) is 4.71. The normalized spacial score (nSPS) is 29.9. The minimum Gasteiger partial charge on any atom is -0.354 e. The number of rotatable bonds is 2. The lowest BCUT2D eigenvalue weighted by molar-refractivity contribution is 0.423. The Morgan fingerprint density at radius 3 is 2.71 bits per heavy atom. The Bertz CT molecular complexity index is 219. The van der Waals surface area contributed by atoms with Crippen molar-refractivity contribution in [2.24, 2.45) is 10.9 Å². The van der Waals surface area contributed by atoms with Gasteiger partial charge in [0.1, 0.15) is 0 Å². The maximum absolute atomic E-state index is 4.42. The van der Waals surface area contributed by atoms with Crippen LogP contribution in [0.2, 0.25) is 0 Å². The van der Waals surface area contributed by atoms with Crippen molar-refractivity contribution >= 4 is 5.96 Å². The average Bonchev–Trinajstić information content (AvgIpc) is 2.75. The van der Waals surface area contributed by atoms with E-state index >= 15 is 0 Å². The summed E-state index contributed by atoms with van der Waals surface area (Å²) in [5.41, 5.74) is 0. The number of nitrogens with one attached hydrogen (secondary N) is 2. The Morgan fingerprint density at radius 2 is 2.14 bits per heavy atom. The van der Waals surface area contributed by atoms with Crippen LogP contribution in [0.15, 0.2) is 4.99 Å². The van der Waals surface area contributed by atoms with Crippen molar-refractivity contribution in [3.05, 3.63) is 0 Å². The molecule has 1 fully saturated rings. The highest BCUT2D eigenvalue weighted by atomic mass is 15.2. The highest BCUT2D eigenvalue weighted by Gasteiger charge is 2.23. The number of aliphatic imine (C=N–C) groups is 1. The zero-order valence-corrected chi connectivity index (χ0v) is 9.21. The molecule has 3 nitrogen and oxygen atoms in total. The van der Waals surface area contributed by atoms with Crippen LogP contribution in [0.1, 0.15) is 39.5 Å². The fourth-order valence-corrected chi connectivity index (χ4v) is 2.43. The van der Waals surface area contributed by atoms with E-state index in [0.717, 1.165) is 18.4 Å². The first-order valence-corrected chi connectivity index (χ1v) is 5.83. The third-order valence-electron chi connectivity index (χ3n) is 3.38. The predicted molar refractivity (Wildman–Crippen MR) is 59.5 cm³/mol. The maximum Gasteiger partial charge on any atom is 0.191 e. The standard InChI is InChI=1S/C11H21N3/c1-8-7-12-11(13-8)14-9(2)10-5-3-4-6-10/h8-10H,3-7H2,1-2H3,(H2,12,13,14). The van der Waals surface area contributed by atoms with Gasteiger partial charge in [-0.15, -0.1) is 0 Å². The van der Waals surface area contributed by atoms with Gasteiger partial charge in [0, 0.05) is 12.1 Å². The van der Waals surface area contributed by atoms with Crippen LogP contribution in [0, 0.1) is 5.92 Å². The van der Waals surface area contributed by atoms with Crippen molar-refractivity contribution in [1.29, 1.82) is 0 Å². The van der Waals surface area contributed by atoms with E-state index in [0.29, 0.717) is 12.1 Å². The van der Waals surface area contributed by atoms with Crippen molar-refractivity contribution in [2.75, 3.05) is 6.54 Å². The van der Waals surface area contributed by atoms with E-state index in [1.165, 1.54) is 25.7 Å². The third kappa shape index (κ3) is 2.20. The summed E-state index contributed by atoms with van der Waals surface area (Å²) in [4.78, 5) is 4.42. The lowest BCUT2D eigenvalue weighted by atomic mass is 10.0. The largest absolute Gasteiger partial charge is 0.354 e. The molecule has 0 saturated heterocycles. The van der Waals surface area contributed by atoms with E-state index in [9.17, 15) is 0 Å². The van der Waals surface area contributed by atoms with Crippen LogP contribution in [-0.2, 0) is 0 Å². The summed E-state index contributed by atoms with van der Waals surface area (Å²) in [6.45, 7) is 5.36. The molecule has 2 atom stereocenters. The van der Waals surface area contributed by atoms with Gasteiger partial charge in [0.15, 0.2) is 5.96 Å². The second kappa shape index (κ2) is 4.20. The zero-order valence-electron chi connectivity index (χ0n) is 9.21. The Labute approximate surface area is 86.4 Å². The van der Waals surface area contributed by atoms with Gasteiger partial charge in [-0.3, -0.25) is 4.99 Å². The van der Waals surface area contributed by atoms with Gasteiger partial charge in [0.05, 0.1) is 6.54 Å². The van der Waals surface area contributed by atoms with Crippen molar-refractivity contribution in [1.82, 2.24) is 10.6 Å². The van der Waals surface area contributed by atoms with E-state index in [1.54, 1.807) is 0 Å². The van der Waals surface area contributed by atoms with Gasteiger partial charge in [0.2, 0.25) is 0 Å². The molecule has 2 unspecified atom stereocenters. The van der Waals surface area contributed by atoms with E-state index in [2.05, 4.69) is 29.5 Å². The molecule has 1 aliphatic carbocycles. The van der Waals surface area contributed by atoms with Crippen molar-refractivity contribution in [2.45, 2.75) is 51.6 Å². The Morgan fingerprint density at radius 1 is 1.43 bits per heavy atom. The lowest BCUT2D eigenvalue weighted by Gasteiger charge is -2.21. The van der Waals surface area contributed by atoms with Crippen LogP contribution < -0.4 is 10.6 Å². The van der Waals surface area contributed by atoms with Crippen LogP contribution in [0.3, 0.4) is 0 Å². The van der Waals surface area contributed by atoms with E-state index in [4.69, 9.17) is 0 Å². The molecule has 1 heterocycles. The van der Waals surface area contributed by atoms with Crippen molar-refractivity contribution in [3.63, 3.8) is 0 Å². The van der Waals surface area contributed by atoms with Gasteiger partial charge in [-0.1, -0.05) is 12.8 Å². The zero-order chi connectivity index (χ0) is 9.97. The summed E-state index contributed by atoms with van der Waals surface area (Å²) < 4.78 is 0. The molecule has 0 amide bonds. The molecular formula is C11H21N3. The summed E-state index contributed by atoms with van der Waals surface area (Å²) in [6.07, 6.45) is 5.59. The molecule has 0 radical (unpaired) electrons. The van der Waals surface area contributed by atoms with Gasteiger partial charge < -0.3 is 10.6 Å². The van der Waals surface area contributed by atoms with Crippen LogP contribution in [0.25, 0.3) is 0 Å². The number of guanidine groups is 1. The quantitative estimate of drug-likeness (QED) is 0.700. The number of hydrogen-bond acceptors (Lipinski definition) is 3. The first-order valence-electron chi connectivity index (χ1n) is 5.83. The molecule has 3 heteroatoms. The summed E-state index contributed by atoms with van der Waals surface area (Å²) in [5.74, 6) is 1.87. The molecule has 80 valence electrons. The first-order chi connectivity index (χ1) is 6.75. The van der Waals surface area contributed by atoms with Gasteiger partial charge >= 0.3 is 0 Å². The van der Waals surface area contributed by atoms with E-state index in [1.807, 2.05) is 0 Å². The topological polar surface area (TPSA) is 36.4 Å². The van der Waals surface area contributed by atoms with Gasteiger partial charge in [-0.2, -0.15) is 0 Å². The molecule has 2 N–H and O–H groups in total. The predicted octanol–water partition coefficient (Wildman–Crippen LogP) is 1.50. The minimum atomic E-state index is 0.508. The van der Waals surface area contributed by atoms with Crippen LogP contribution in [0.5, 0.6) is 0 Å². The van der Waals surface area contributed by atoms with Crippen LogP contribution in [0.4, 0.5) is 0 Å². The SMILES string of the molecule is CC1CN=C(NC(C)C2CCCC2)N1. The summed E-state index contributed by atoms with van der Waals surface area (Å²) in [7, 11) is 0. The molecule has 1 saturated carbocycles. The molecule has 0 aromatic carbocycles. The number of nitrogens with zero attached hydrogens (tertiary/aromatic N) is 1. The molecular weight excluding hydrogens is 174 g/mol. The third-order valence-corrected chi connectivity index (χ3v) is 3.38. The summed E-state index contributed by atoms with van der Waals surface area (Å²) in [5, 5.41) is 6.84.